The van der Waals surface area contributed by atoms with Crippen molar-refractivity contribution in [3.8, 4) is 0 Å². The van der Waals surface area contributed by atoms with Gasteiger partial charge in [0.05, 0.1) is 6.54 Å². The zero-order valence-electron chi connectivity index (χ0n) is 11.1. The van der Waals surface area contributed by atoms with Crippen LogP contribution in [0.4, 0.5) is 5.82 Å². The Morgan fingerprint density at radius 2 is 2.32 bits per heavy atom. The number of imide groups is 1. The summed E-state index contributed by atoms with van der Waals surface area (Å²) in [6, 6.07) is 3.08. The molecule has 0 bridgehead atoms. The van der Waals surface area contributed by atoms with Crippen molar-refractivity contribution in [3.63, 3.8) is 0 Å². The van der Waals surface area contributed by atoms with E-state index in [0.29, 0.717) is 12.2 Å². The third-order valence-corrected chi connectivity index (χ3v) is 3.22. The molecular weight excluding hydrogens is 244 g/mol. The molecule has 3 N–H and O–H groups in total. The number of hydrogen-bond acceptors (Lipinski definition) is 5. The first-order valence-corrected chi connectivity index (χ1v) is 6.35. The van der Waals surface area contributed by atoms with Gasteiger partial charge in [-0.25, -0.2) is 4.98 Å². The van der Waals surface area contributed by atoms with Crippen LogP contribution in [-0.2, 0) is 9.59 Å². The molecule has 1 aromatic rings. The molecule has 1 unspecified atom stereocenters. The molecule has 2 rings (SSSR count). The molecule has 0 aromatic carbocycles. The van der Waals surface area contributed by atoms with E-state index in [4.69, 9.17) is 5.73 Å². The van der Waals surface area contributed by atoms with E-state index in [1.54, 1.807) is 17.2 Å². The number of nitrogens with zero attached hydrogens (tertiary/aromatic N) is 2. The Hall–Kier alpha value is -1.95. The van der Waals surface area contributed by atoms with Gasteiger partial charge in [-0.2, -0.15) is 0 Å². The van der Waals surface area contributed by atoms with Gasteiger partial charge in [-0.05, 0) is 19.4 Å². The summed E-state index contributed by atoms with van der Waals surface area (Å²) in [5.74, 6) is 0.0311. The van der Waals surface area contributed by atoms with Crippen molar-refractivity contribution in [2.24, 2.45) is 5.73 Å². The number of aromatic nitrogens is 1. The number of nitrogens with two attached hydrogens (primary N) is 1. The largest absolute Gasteiger partial charge is 0.335 e. The van der Waals surface area contributed by atoms with Crippen LogP contribution in [0.15, 0.2) is 18.3 Å². The smallest absolute Gasteiger partial charge is 0.249 e. The van der Waals surface area contributed by atoms with E-state index in [1.807, 2.05) is 19.9 Å². The molecule has 19 heavy (non-hydrogen) atoms. The van der Waals surface area contributed by atoms with Gasteiger partial charge in [-0.15, -0.1) is 0 Å². The number of pyridine rings is 1. The first-order valence-electron chi connectivity index (χ1n) is 6.35. The molecule has 1 aliphatic rings. The Kier molecular flexibility index (Phi) is 3.80. The lowest BCUT2D eigenvalue weighted by Crippen LogP contribution is -2.58. The maximum atomic E-state index is 11.9. The Morgan fingerprint density at radius 1 is 1.58 bits per heavy atom. The lowest BCUT2D eigenvalue weighted by molar-refractivity contribution is -0.132. The molecule has 0 aliphatic carbocycles. The minimum atomic E-state index is -0.384. The number of anilines is 1. The monoisotopic (exact) mass is 262 g/mol. The highest BCUT2D eigenvalue weighted by atomic mass is 16.2. The van der Waals surface area contributed by atoms with Gasteiger partial charge in [0.2, 0.25) is 11.8 Å². The van der Waals surface area contributed by atoms with Gasteiger partial charge in [0.1, 0.15) is 11.9 Å². The van der Waals surface area contributed by atoms with Crippen molar-refractivity contribution in [2.45, 2.75) is 32.4 Å². The van der Waals surface area contributed by atoms with E-state index >= 15 is 0 Å². The highest BCUT2D eigenvalue weighted by Crippen LogP contribution is 2.26. The number of hydrogen-bond donors (Lipinski definition) is 2. The summed E-state index contributed by atoms with van der Waals surface area (Å²) in [4.78, 5) is 29.5. The fraction of sp³-hybridized carbons (Fsp3) is 0.462. The number of rotatable bonds is 3. The molecule has 2 heterocycles. The fourth-order valence-electron chi connectivity index (χ4n) is 2.30. The average Bonchev–Trinajstić information content (AvgIpc) is 2.37. The number of piperazine rings is 1. The van der Waals surface area contributed by atoms with Gasteiger partial charge >= 0.3 is 0 Å². The summed E-state index contributed by atoms with van der Waals surface area (Å²) in [5, 5.41) is 2.35. The second-order valence-electron chi connectivity index (χ2n) is 4.67. The molecule has 0 radical (unpaired) electrons. The molecule has 0 saturated carbocycles. The van der Waals surface area contributed by atoms with Gasteiger partial charge in [0, 0.05) is 17.8 Å². The minimum absolute atomic E-state index is 0.126. The van der Waals surface area contributed by atoms with E-state index in [0.717, 1.165) is 5.56 Å². The third-order valence-electron chi connectivity index (χ3n) is 3.22. The standard InChI is InChI=1S/C13H18N4O2/c1-3-10-13(19)16-11(18)7-17(10)12-9(8(2)14)5-4-6-15-12/h4-6,8,10H,3,7,14H2,1-2H3,(H,16,18,19)/t8-,10?/m1/s1. The van der Waals surface area contributed by atoms with E-state index in [2.05, 4.69) is 10.3 Å². The summed E-state index contributed by atoms with van der Waals surface area (Å²) in [7, 11) is 0. The van der Waals surface area contributed by atoms with Crippen molar-refractivity contribution in [1.29, 1.82) is 0 Å². The van der Waals surface area contributed by atoms with Crippen molar-refractivity contribution >= 4 is 17.6 Å². The van der Waals surface area contributed by atoms with E-state index in [-0.39, 0.29) is 30.4 Å². The molecular formula is C13H18N4O2. The molecule has 2 amide bonds. The SMILES string of the molecule is CCC1C(=O)NC(=O)CN1c1ncccc1[C@@H](C)N. The zero-order valence-corrected chi connectivity index (χ0v) is 11.1. The third kappa shape index (κ3) is 2.58. The van der Waals surface area contributed by atoms with E-state index in [9.17, 15) is 9.59 Å². The lowest BCUT2D eigenvalue weighted by atomic mass is 10.1. The molecule has 1 aliphatic heterocycles. The lowest BCUT2D eigenvalue weighted by Gasteiger charge is -2.35. The Morgan fingerprint density at radius 3 is 2.95 bits per heavy atom. The van der Waals surface area contributed by atoms with Gasteiger partial charge < -0.3 is 10.6 Å². The van der Waals surface area contributed by atoms with Gasteiger partial charge in [0.15, 0.2) is 0 Å². The minimum Gasteiger partial charge on any atom is -0.335 e. The van der Waals surface area contributed by atoms with Crippen LogP contribution in [0.25, 0.3) is 0 Å². The molecule has 2 atom stereocenters. The molecule has 1 fully saturated rings. The van der Waals surface area contributed by atoms with Gasteiger partial charge in [0.25, 0.3) is 0 Å². The normalized spacial score (nSPS) is 21.2. The van der Waals surface area contributed by atoms with Crippen molar-refractivity contribution in [3.05, 3.63) is 23.9 Å². The number of carbonyl (C=O) groups excluding carboxylic acids is 2. The second-order valence-corrected chi connectivity index (χ2v) is 4.67. The fourth-order valence-corrected chi connectivity index (χ4v) is 2.30. The summed E-state index contributed by atoms with van der Waals surface area (Å²) >= 11 is 0. The summed E-state index contributed by atoms with van der Waals surface area (Å²) in [6.45, 7) is 3.88. The molecule has 1 aromatic heterocycles. The number of nitrogens with one attached hydrogen (secondary N) is 1. The molecule has 102 valence electrons. The second kappa shape index (κ2) is 5.36. The van der Waals surface area contributed by atoms with Crippen LogP contribution in [0.3, 0.4) is 0 Å². The van der Waals surface area contributed by atoms with Crippen molar-refractivity contribution in [1.82, 2.24) is 10.3 Å². The van der Waals surface area contributed by atoms with Crippen LogP contribution in [0, 0.1) is 0 Å². The topological polar surface area (TPSA) is 88.3 Å². The predicted octanol–water partition coefficient (Wildman–Crippen LogP) is 0.343. The Labute approximate surface area is 112 Å². The first kappa shape index (κ1) is 13.5. The van der Waals surface area contributed by atoms with E-state index in [1.165, 1.54) is 0 Å². The van der Waals surface area contributed by atoms with Crippen LogP contribution in [-0.4, -0.2) is 29.4 Å². The zero-order chi connectivity index (χ0) is 14.0. The molecule has 1 saturated heterocycles. The summed E-state index contributed by atoms with van der Waals surface area (Å²) in [6.07, 6.45) is 2.25. The average molecular weight is 262 g/mol. The first-order chi connectivity index (χ1) is 9.04. The van der Waals surface area contributed by atoms with Crippen molar-refractivity contribution < 1.29 is 9.59 Å². The quantitative estimate of drug-likeness (QED) is 0.767. The summed E-state index contributed by atoms with van der Waals surface area (Å²) in [5.41, 5.74) is 6.76. The van der Waals surface area contributed by atoms with Crippen LogP contribution in [0.2, 0.25) is 0 Å². The Bertz CT molecular complexity index is 501. The highest BCUT2D eigenvalue weighted by molar-refractivity contribution is 6.04. The van der Waals surface area contributed by atoms with Crippen LogP contribution in [0.1, 0.15) is 31.9 Å². The molecule has 6 nitrogen and oxygen atoms in total. The van der Waals surface area contributed by atoms with Crippen LogP contribution >= 0.6 is 0 Å². The predicted molar refractivity (Wildman–Crippen MR) is 71.4 cm³/mol. The van der Waals surface area contributed by atoms with E-state index < -0.39 is 0 Å². The maximum Gasteiger partial charge on any atom is 0.249 e. The Balaban J connectivity index is 2.43. The molecule has 6 heteroatoms. The van der Waals surface area contributed by atoms with Crippen LogP contribution in [0.5, 0.6) is 0 Å². The van der Waals surface area contributed by atoms with Gasteiger partial charge in [-0.1, -0.05) is 13.0 Å². The van der Waals surface area contributed by atoms with Crippen LogP contribution < -0.4 is 16.0 Å². The number of amides is 2. The number of carbonyl (C=O) groups is 2. The highest BCUT2D eigenvalue weighted by Gasteiger charge is 2.34. The van der Waals surface area contributed by atoms with Crippen molar-refractivity contribution in [2.75, 3.05) is 11.4 Å². The summed E-state index contributed by atoms with van der Waals surface area (Å²) < 4.78 is 0. The van der Waals surface area contributed by atoms with Gasteiger partial charge in [-0.3, -0.25) is 14.9 Å². The maximum absolute atomic E-state index is 11.9. The molecule has 0 spiro atoms.